The van der Waals surface area contributed by atoms with Gasteiger partial charge in [-0.05, 0) is 24.8 Å². The lowest BCUT2D eigenvalue weighted by molar-refractivity contribution is 0.605. The summed E-state index contributed by atoms with van der Waals surface area (Å²) in [5.41, 5.74) is 10.4. The van der Waals surface area contributed by atoms with Crippen molar-refractivity contribution in [2.75, 3.05) is 5.73 Å². The molecule has 0 aliphatic heterocycles. The fraction of sp³-hybridized carbons (Fsp3) is 0.625. The molecule has 0 spiro atoms. The molecule has 0 aliphatic carbocycles. The van der Waals surface area contributed by atoms with Gasteiger partial charge in [-0.25, -0.2) is 9.50 Å². The van der Waals surface area contributed by atoms with E-state index < -0.39 is 0 Å². The zero-order valence-corrected chi connectivity index (χ0v) is 12.7. The Morgan fingerprint density at radius 2 is 1.85 bits per heavy atom. The van der Waals surface area contributed by atoms with E-state index in [0.717, 1.165) is 24.2 Å². The Morgan fingerprint density at radius 1 is 1.10 bits per heavy atom. The number of nitrogens with two attached hydrogens (primary N) is 1. The van der Waals surface area contributed by atoms with Crippen LogP contribution in [0.25, 0.3) is 5.65 Å². The molecule has 4 nitrogen and oxygen atoms in total. The third kappa shape index (κ3) is 3.30. The van der Waals surface area contributed by atoms with Crippen LogP contribution in [0.5, 0.6) is 0 Å². The first-order chi connectivity index (χ1) is 9.77. The van der Waals surface area contributed by atoms with Gasteiger partial charge in [-0.15, -0.1) is 0 Å². The summed E-state index contributed by atoms with van der Waals surface area (Å²) in [5.74, 6) is 0. The SMILES string of the molecule is CCCCCCCCc1c(N)cc2ncnn2c1CC. The quantitative estimate of drug-likeness (QED) is 0.745. The molecule has 0 unspecified atom stereocenters. The van der Waals surface area contributed by atoms with E-state index in [2.05, 4.69) is 23.9 Å². The fourth-order valence-electron chi connectivity index (χ4n) is 2.81. The zero-order valence-electron chi connectivity index (χ0n) is 12.7. The molecule has 2 rings (SSSR count). The standard InChI is InChI=1S/C16H26N4/c1-3-5-6-7-8-9-10-13-14(17)11-16-18-12-19-20(16)15(13)4-2/h11-12H,3-10,17H2,1-2H3. The van der Waals surface area contributed by atoms with E-state index in [1.165, 1.54) is 49.8 Å². The number of rotatable bonds is 8. The van der Waals surface area contributed by atoms with Crippen LogP contribution in [0.1, 0.15) is 63.6 Å². The molecule has 0 bridgehead atoms. The summed E-state index contributed by atoms with van der Waals surface area (Å²) in [5, 5.41) is 4.31. The molecule has 110 valence electrons. The molecule has 0 fully saturated rings. The summed E-state index contributed by atoms with van der Waals surface area (Å²) in [6.45, 7) is 4.40. The average Bonchev–Trinajstić information content (AvgIpc) is 2.90. The van der Waals surface area contributed by atoms with Crippen molar-refractivity contribution in [1.29, 1.82) is 0 Å². The predicted octanol–water partition coefficient (Wildman–Crippen LogP) is 3.78. The van der Waals surface area contributed by atoms with Crippen LogP contribution in [0.2, 0.25) is 0 Å². The normalized spacial score (nSPS) is 11.3. The largest absolute Gasteiger partial charge is 0.398 e. The first-order valence-corrected chi connectivity index (χ1v) is 7.87. The number of unbranched alkanes of at least 4 members (excludes halogenated alkanes) is 5. The lowest BCUT2D eigenvalue weighted by Gasteiger charge is -2.12. The van der Waals surface area contributed by atoms with Crippen molar-refractivity contribution in [3.05, 3.63) is 23.7 Å². The number of hydrogen-bond donors (Lipinski definition) is 1. The zero-order chi connectivity index (χ0) is 14.4. The van der Waals surface area contributed by atoms with Gasteiger partial charge in [0.1, 0.15) is 6.33 Å². The summed E-state index contributed by atoms with van der Waals surface area (Å²) < 4.78 is 1.93. The van der Waals surface area contributed by atoms with Crippen LogP contribution in [-0.4, -0.2) is 14.6 Å². The van der Waals surface area contributed by atoms with Crippen molar-refractivity contribution in [2.24, 2.45) is 0 Å². The van der Waals surface area contributed by atoms with Gasteiger partial charge in [0.25, 0.3) is 0 Å². The van der Waals surface area contributed by atoms with E-state index in [1.807, 2.05) is 10.6 Å². The Labute approximate surface area is 121 Å². The number of fused-ring (bicyclic) bond motifs is 1. The molecule has 2 heterocycles. The van der Waals surface area contributed by atoms with E-state index in [0.29, 0.717) is 0 Å². The Morgan fingerprint density at radius 3 is 2.60 bits per heavy atom. The second-order valence-corrected chi connectivity index (χ2v) is 5.43. The molecule has 0 amide bonds. The van der Waals surface area contributed by atoms with E-state index in [1.54, 1.807) is 6.33 Å². The van der Waals surface area contributed by atoms with E-state index in [4.69, 9.17) is 5.73 Å². The van der Waals surface area contributed by atoms with Crippen molar-refractivity contribution in [1.82, 2.24) is 14.6 Å². The van der Waals surface area contributed by atoms with Crippen LogP contribution in [0.3, 0.4) is 0 Å². The van der Waals surface area contributed by atoms with Gasteiger partial charge in [-0.2, -0.15) is 5.10 Å². The molecule has 0 aromatic carbocycles. The first-order valence-electron chi connectivity index (χ1n) is 7.87. The summed E-state index contributed by atoms with van der Waals surface area (Å²) in [6, 6.07) is 1.94. The molecular weight excluding hydrogens is 248 g/mol. The third-order valence-electron chi connectivity index (χ3n) is 3.93. The number of aryl methyl sites for hydroxylation is 1. The van der Waals surface area contributed by atoms with Crippen LogP contribution < -0.4 is 5.73 Å². The number of nitrogens with zero attached hydrogens (tertiary/aromatic N) is 3. The highest BCUT2D eigenvalue weighted by atomic mass is 15.3. The topological polar surface area (TPSA) is 56.2 Å². The maximum atomic E-state index is 6.20. The molecule has 0 radical (unpaired) electrons. The van der Waals surface area contributed by atoms with Crippen molar-refractivity contribution in [3.8, 4) is 0 Å². The maximum Gasteiger partial charge on any atom is 0.157 e. The Balaban J connectivity index is 2.03. The summed E-state index contributed by atoms with van der Waals surface area (Å²) in [4.78, 5) is 4.23. The molecule has 0 aliphatic rings. The molecule has 2 aromatic rings. The maximum absolute atomic E-state index is 6.20. The van der Waals surface area contributed by atoms with Crippen molar-refractivity contribution in [2.45, 2.75) is 65.2 Å². The Hall–Kier alpha value is -1.58. The van der Waals surface area contributed by atoms with Gasteiger partial charge < -0.3 is 5.73 Å². The minimum atomic E-state index is 0.853. The molecule has 2 N–H and O–H groups in total. The van der Waals surface area contributed by atoms with Crippen LogP contribution in [0.4, 0.5) is 5.69 Å². The summed E-state index contributed by atoms with van der Waals surface area (Å²) >= 11 is 0. The number of hydrogen-bond acceptors (Lipinski definition) is 3. The number of pyridine rings is 1. The number of anilines is 1. The van der Waals surface area contributed by atoms with Gasteiger partial charge in [0, 0.05) is 17.4 Å². The minimum absolute atomic E-state index is 0.853. The monoisotopic (exact) mass is 274 g/mol. The highest BCUT2D eigenvalue weighted by molar-refractivity contribution is 5.58. The van der Waals surface area contributed by atoms with Gasteiger partial charge in [-0.1, -0.05) is 46.0 Å². The van der Waals surface area contributed by atoms with Crippen LogP contribution in [0.15, 0.2) is 12.4 Å². The highest BCUT2D eigenvalue weighted by Gasteiger charge is 2.11. The second-order valence-electron chi connectivity index (χ2n) is 5.43. The molecule has 20 heavy (non-hydrogen) atoms. The third-order valence-corrected chi connectivity index (χ3v) is 3.93. The average molecular weight is 274 g/mol. The Bertz CT molecular complexity index is 545. The smallest absolute Gasteiger partial charge is 0.157 e. The van der Waals surface area contributed by atoms with Crippen LogP contribution in [-0.2, 0) is 12.8 Å². The van der Waals surface area contributed by atoms with Crippen LogP contribution >= 0.6 is 0 Å². The molecule has 0 saturated heterocycles. The number of nitrogen functional groups attached to an aromatic ring is 1. The lowest BCUT2D eigenvalue weighted by atomic mass is 10.0. The first kappa shape index (κ1) is 14.8. The number of aromatic nitrogens is 3. The summed E-state index contributed by atoms with van der Waals surface area (Å²) in [6.07, 6.45) is 11.4. The lowest BCUT2D eigenvalue weighted by Crippen LogP contribution is -2.07. The van der Waals surface area contributed by atoms with Crippen LogP contribution in [0, 0.1) is 0 Å². The van der Waals surface area contributed by atoms with Gasteiger partial charge in [0.15, 0.2) is 5.65 Å². The van der Waals surface area contributed by atoms with Crippen molar-refractivity contribution >= 4 is 11.3 Å². The Kier molecular flexibility index (Phi) is 5.39. The van der Waals surface area contributed by atoms with Gasteiger partial charge >= 0.3 is 0 Å². The fourth-order valence-corrected chi connectivity index (χ4v) is 2.81. The van der Waals surface area contributed by atoms with E-state index in [9.17, 15) is 0 Å². The van der Waals surface area contributed by atoms with E-state index in [-0.39, 0.29) is 0 Å². The van der Waals surface area contributed by atoms with Gasteiger partial charge in [0.05, 0.1) is 0 Å². The molecule has 0 atom stereocenters. The molecule has 2 aromatic heterocycles. The van der Waals surface area contributed by atoms with Crippen molar-refractivity contribution < 1.29 is 0 Å². The molecule has 0 saturated carbocycles. The van der Waals surface area contributed by atoms with E-state index >= 15 is 0 Å². The predicted molar refractivity (Wildman–Crippen MR) is 83.9 cm³/mol. The molecule has 4 heteroatoms. The van der Waals surface area contributed by atoms with Gasteiger partial charge in [-0.3, -0.25) is 0 Å². The second kappa shape index (κ2) is 7.27. The van der Waals surface area contributed by atoms with Crippen molar-refractivity contribution in [3.63, 3.8) is 0 Å². The summed E-state index contributed by atoms with van der Waals surface area (Å²) in [7, 11) is 0. The molecular formula is C16H26N4. The highest BCUT2D eigenvalue weighted by Crippen LogP contribution is 2.22. The minimum Gasteiger partial charge on any atom is -0.398 e. The van der Waals surface area contributed by atoms with Gasteiger partial charge in [0.2, 0.25) is 0 Å².